The number of halogens is 3. The summed E-state index contributed by atoms with van der Waals surface area (Å²) < 4.78 is 1.43. The monoisotopic (exact) mass is 406 g/mol. The SMILES string of the molecule is CC(Br)CC[N+]12CC[NH+](CC1)CC2.[Br-].[Br-]. The van der Waals surface area contributed by atoms with Crippen LogP contribution in [-0.4, -0.2) is 55.1 Å². The normalized spacial score (nSPS) is 35.2. The van der Waals surface area contributed by atoms with Crippen LogP contribution in [0.2, 0.25) is 0 Å². The standard InChI is InChI=1S/C10H20BrN2.2BrH/c1-10(11)2-6-13-7-3-12(4-8-13)5-9-13;;/h10H,2-9H2,1H3;2*1H/q+1;;/p-1. The largest absolute Gasteiger partial charge is 1.00 e. The van der Waals surface area contributed by atoms with Crippen molar-refractivity contribution < 1.29 is 43.3 Å². The van der Waals surface area contributed by atoms with E-state index in [-0.39, 0.29) is 34.0 Å². The van der Waals surface area contributed by atoms with Gasteiger partial charge in [0.15, 0.2) is 0 Å². The van der Waals surface area contributed by atoms with Gasteiger partial charge in [-0.25, -0.2) is 0 Å². The van der Waals surface area contributed by atoms with Gasteiger partial charge in [-0.2, -0.15) is 0 Å². The Kier molecular flexibility index (Phi) is 7.57. The lowest BCUT2D eigenvalue weighted by Crippen LogP contribution is -3.19. The zero-order valence-corrected chi connectivity index (χ0v) is 14.1. The molecule has 0 spiro atoms. The zero-order valence-electron chi connectivity index (χ0n) is 9.32. The lowest BCUT2D eigenvalue weighted by atomic mass is 10.1. The Labute approximate surface area is 123 Å². The van der Waals surface area contributed by atoms with Gasteiger partial charge in [-0.1, -0.05) is 22.9 Å². The van der Waals surface area contributed by atoms with Crippen LogP contribution >= 0.6 is 15.9 Å². The van der Waals surface area contributed by atoms with E-state index < -0.39 is 0 Å². The Morgan fingerprint density at radius 3 is 2.00 bits per heavy atom. The molecule has 0 aliphatic carbocycles. The molecule has 0 aromatic rings. The zero-order chi connectivity index (χ0) is 9.31. The van der Waals surface area contributed by atoms with Crippen LogP contribution in [0, 0.1) is 0 Å². The van der Waals surface area contributed by atoms with Crippen LogP contribution in [0.15, 0.2) is 0 Å². The number of nitrogens with zero attached hydrogens (tertiary/aromatic N) is 1. The van der Waals surface area contributed by atoms with Crippen molar-refractivity contribution in [3.8, 4) is 0 Å². The van der Waals surface area contributed by atoms with Gasteiger partial charge in [-0.15, -0.1) is 0 Å². The Morgan fingerprint density at radius 1 is 1.13 bits per heavy atom. The molecule has 92 valence electrons. The highest BCUT2D eigenvalue weighted by molar-refractivity contribution is 9.09. The maximum absolute atomic E-state index is 3.65. The molecule has 3 heterocycles. The molecule has 3 aliphatic heterocycles. The fraction of sp³-hybridized carbons (Fsp3) is 1.00. The van der Waals surface area contributed by atoms with E-state index in [0.717, 1.165) is 0 Å². The van der Waals surface area contributed by atoms with Gasteiger partial charge < -0.3 is 43.3 Å². The number of hydrogen-bond acceptors (Lipinski definition) is 0. The van der Waals surface area contributed by atoms with E-state index in [1.165, 1.54) is 56.7 Å². The Hall–Kier alpha value is 1.36. The average Bonchev–Trinajstić information content (AvgIpc) is 2.18. The summed E-state index contributed by atoms with van der Waals surface area (Å²) in [4.78, 5) is 2.55. The number of rotatable bonds is 3. The first-order chi connectivity index (χ1) is 6.20. The lowest BCUT2D eigenvalue weighted by Gasteiger charge is -2.48. The van der Waals surface area contributed by atoms with Gasteiger partial charge in [0, 0.05) is 11.2 Å². The van der Waals surface area contributed by atoms with Crippen molar-refractivity contribution in [2.75, 3.05) is 45.8 Å². The minimum absolute atomic E-state index is 0. The van der Waals surface area contributed by atoms with Crippen molar-refractivity contribution in [3.05, 3.63) is 0 Å². The molecule has 2 nitrogen and oxygen atoms in total. The molecule has 3 rings (SSSR count). The molecule has 2 bridgehead atoms. The van der Waals surface area contributed by atoms with Crippen LogP contribution in [-0.2, 0) is 0 Å². The van der Waals surface area contributed by atoms with Crippen molar-refractivity contribution in [2.45, 2.75) is 18.2 Å². The summed E-state index contributed by atoms with van der Waals surface area (Å²) in [6, 6.07) is 0. The first kappa shape index (κ1) is 16.4. The van der Waals surface area contributed by atoms with E-state index in [2.05, 4.69) is 22.9 Å². The Balaban J connectivity index is 0.000000980. The smallest absolute Gasteiger partial charge is 0.129 e. The molecular formula is C10H21Br3N2. The maximum atomic E-state index is 3.65. The van der Waals surface area contributed by atoms with Gasteiger partial charge in [0.05, 0.1) is 6.54 Å². The van der Waals surface area contributed by atoms with Gasteiger partial charge >= 0.3 is 0 Å². The average molecular weight is 409 g/mol. The predicted molar refractivity (Wildman–Crippen MR) is 58.3 cm³/mol. The molecule has 1 N–H and O–H groups in total. The first-order valence-corrected chi connectivity index (χ1v) is 6.45. The van der Waals surface area contributed by atoms with Crippen LogP contribution in [0.1, 0.15) is 13.3 Å². The van der Waals surface area contributed by atoms with E-state index in [0.29, 0.717) is 4.83 Å². The summed E-state index contributed by atoms with van der Waals surface area (Å²) in [6.07, 6.45) is 1.34. The molecule has 5 heteroatoms. The third-order valence-corrected chi connectivity index (χ3v) is 4.28. The minimum atomic E-state index is 0. The summed E-state index contributed by atoms with van der Waals surface area (Å²) in [7, 11) is 0. The van der Waals surface area contributed by atoms with Gasteiger partial charge in [-0.3, -0.25) is 0 Å². The molecule has 3 saturated heterocycles. The number of quaternary nitrogens is 2. The molecule has 1 unspecified atom stereocenters. The summed E-state index contributed by atoms with van der Waals surface area (Å²) in [5.74, 6) is 0. The predicted octanol–water partition coefficient (Wildman–Crippen LogP) is -6.10. The molecular weight excluding hydrogens is 388 g/mol. The fourth-order valence-corrected chi connectivity index (χ4v) is 2.89. The van der Waals surface area contributed by atoms with Crippen molar-refractivity contribution in [1.29, 1.82) is 0 Å². The lowest BCUT2D eigenvalue weighted by molar-refractivity contribution is -1.07. The van der Waals surface area contributed by atoms with Crippen LogP contribution in [0.4, 0.5) is 0 Å². The fourth-order valence-electron chi connectivity index (χ4n) is 2.68. The van der Waals surface area contributed by atoms with Crippen LogP contribution in [0.5, 0.6) is 0 Å². The van der Waals surface area contributed by atoms with Gasteiger partial charge in [-0.05, 0) is 0 Å². The number of nitrogens with one attached hydrogen (secondary N) is 1. The van der Waals surface area contributed by atoms with E-state index in [1.807, 2.05) is 4.90 Å². The molecule has 1 atom stereocenters. The number of alkyl halides is 1. The summed E-state index contributed by atoms with van der Waals surface area (Å²) in [5, 5.41) is 0. The van der Waals surface area contributed by atoms with Crippen molar-refractivity contribution >= 4 is 15.9 Å². The van der Waals surface area contributed by atoms with Crippen molar-refractivity contribution in [1.82, 2.24) is 0 Å². The molecule has 15 heavy (non-hydrogen) atoms. The van der Waals surface area contributed by atoms with Crippen LogP contribution in [0.25, 0.3) is 0 Å². The Morgan fingerprint density at radius 2 is 1.60 bits per heavy atom. The quantitative estimate of drug-likeness (QED) is 0.350. The molecule has 0 saturated carbocycles. The van der Waals surface area contributed by atoms with E-state index in [1.54, 1.807) is 0 Å². The highest BCUT2D eigenvalue weighted by Gasteiger charge is 2.40. The second kappa shape index (κ2) is 6.94. The summed E-state index contributed by atoms with van der Waals surface area (Å²) >= 11 is 3.65. The van der Waals surface area contributed by atoms with Gasteiger partial charge in [0.25, 0.3) is 0 Å². The first-order valence-electron chi connectivity index (χ1n) is 5.53. The Bertz CT molecular complexity index is 166. The third-order valence-electron chi connectivity index (χ3n) is 3.82. The topological polar surface area (TPSA) is 4.44 Å². The number of fused-ring (bicyclic) bond motifs is 3. The number of hydrogen-bond donors (Lipinski definition) is 1. The maximum Gasteiger partial charge on any atom is 0.129 e. The van der Waals surface area contributed by atoms with Crippen LogP contribution in [0.3, 0.4) is 0 Å². The van der Waals surface area contributed by atoms with Crippen LogP contribution < -0.4 is 38.9 Å². The van der Waals surface area contributed by atoms with E-state index in [9.17, 15) is 0 Å². The minimum Gasteiger partial charge on any atom is -1.00 e. The molecule has 3 fully saturated rings. The molecule has 0 aromatic heterocycles. The highest BCUT2D eigenvalue weighted by Crippen LogP contribution is 2.14. The molecule has 3 aliphatic rings. The summed E-state index contributed by atoms with van der Waals surface area (Å²) in [5.41, 5.74) is 0. The van der Waals surface area contributed by atoms with Crippen molar-refractivity contribution in [2.24, 2.45) is 0 Å². The summed E-state index contributed by atoms with van der Waals surface area (Å²) in [6.45, 7) is 12.3. The highest BCUT2D eigenvalue weighted by atomic mass is 79.9. The second-order valence-electron chi connectivity index (χ2n) is 4.81. The third kappa shape index (κ3) is 4.26. The molecule has 0 radical (unpaired) electrons. The van der Waals surface area contributed by atoms with E-state index >= 15 is 0 Å². The second-order valence-corrected chi connectivity index (χ2v) is 6.37. The number of piperazine rings is 3. The van der Waals surface area contributed by atoms with Crippen molar-refractivity contribution in [3.63, 3.8) is 0 Å². The molecule has 0 aromatic carbocycles. The van der Waals surface area contributed by atoms with Gasteiger partial charge in [0.2, 0.25) is 0 Å². The van der Waals surface area contributed by atoms with E-state index in [4.69, 9.17) is 0 Å². The van der Waals surface area contributed by atoms with Gasteiger partial charge in [0.1, 0.15) is 39.3 Å². The molecule has 0 amide bonds.